The molecule has 3 aromatic carbocycles. The highest BCUT2D eigenvalue weighted by Crippen LogP contribution is 2.29. The number of aryl methyl sites for hydroxylation is 1. The third-order valence-corrected chi connectivity index (χ3v) is 5.64. The molecule has 0 saturated carbocycles. The summed E-state index contributed by atoms with van der Waals surface area (Å²) in [4.78, 5) is 25.8. The van der Waals surface area contributed by atoms with E-state index in [0.29, 0.717) is 11.5 Å². The summed E-state index contributed by atoms with van der Waals surface area (Å²) in [6.45, 7) is 1.98. The Morgan fingerprint density at radius 2 is 1.68 bits per heavy atom. The van der Waals surface area contributed by atoms with Gasteiger partial charge >= 0.3 is 5.91 Å². The Morgan fingerprint density at radius 3 is 2.32 bits per heavy atom. The van der Waals surface area contributed by atoms with Gasteiger partial charge in [-0.05, 0) is 49.4 Å². The zero-order valence-electron chi connectivity index (χ0n) is 19.0. The number of ether oxygens (including phenoxy) is 2. The van der Waals surface area contributed by atoms with Gasteiger partial charge in [-0.15, -0.1) is 10.1 Å². The van der Waals surface area contributed by atoms with E-state index in [1.54, 1.807) is 37.3 Å². The largest absolute Gasteiger partial charge is 0.493 e. The second-order valence-electron chi connectivity index (χ2n) is 7.94. The van der Waals surface area contributed by atoms with E-state index in [4.69, 9.17) is 9.47 Å². The van der Waals surface area contributed by atoms with Crippen LogP contribution < -0.4 is 20.2 Å². The van der Waals surface area contributed by atoms with E-state index in [1.807, 2.05) is 37.3 Å². The highest BCUT2D eigenvalue weighted by atomic mass is 19.1. The van der Waals surface area contributed by atoms with Gasteiger partial charge in [0.05, 0.1) is 14.2 Å². The molecule has 2 N–H and O–H groups in total. The Hall–Kier alpha value is -4.20. The van der Waals surface area contributed by atoms with Crippen molar-refractivity contribution in [3.8, 4) is 11.5 Å². The van der Waals surface area contributed by atoms with Crippen LogP contribution in [0.15, 0.2) is 66.7 Å². The average molecular weight is 463 g/mol. The highest BCUT2D eigenvalue weighted by Gasteiger charge is 2.47. The van der Waals surface area contributed by atoms with Crippen LogP contribution in [-0.4, -0.2) is 43.0 Å². The molecule has 1 saturated heterocycles. The maximum Gasteiger partial charge on any atom is 0.304 e. The van der Waals surface area contributed by atoms with Crippen molar-refractivity contribution in [1.29, 1.82) is 0 Å². The lowest BCUT2D eigenvalue weighted by Crippen LogP contribution is -2.42. The minimum absolute atomic E-state index is 0.263. The maximum absolute atomic E-state index is 13.3. The normalized spacial score (nSPS) is 18.5. The first-order valence-corrected chi connectivity index (χ1v) is 10.7. The van der Waals surface area contributed by atoms with E-state index < -0.39 is 23.8 Å². The van der Waals surface area contributed by atoms with E-state index in [0.717, 1.165) is 16.7 Å². The topological polar surface area (TPSA) is 79.7 Å². The number of nitrogens with one attached hydrogen (secondary N) is 2. The minimum Gasteiger partial charge on any atom is -0.493 e. The standard InChI is InChI=1S/C26H24FN3O4/c1-16-4-7-18(8-5-16)24-23(28-25(31)19-9-11-20(27)12-10-19)26(32)29-30(24)15-17-6-13-21(33-2)22(14-17)34-3/h4-15,23-24H,1-3H3,(H-,28,29,31,32)/p+1/b30-15-/t23-,24-/m1/s1. The van der Waals surface area contributed by atoms with Crippen molar-refractivity contribution in [1.82, 2.24) is 10.7 Å². The third kappa shape index (κ3) is 4.76. The maximum atomic E-state index is 13.3. The van der Waals surface area contributed by atoms with Crippen LogP contribution in [0.5, 0.6) is 11.5 Å². The number of nitrogens with zero attached hydrogens (tertiary/aromatic N) is 1. The first-order valence-electron chi connectivity index (χ1n) is 10.7. The molecule has 2 atom stereocenters. The minimum atomic E-state index is -0.878. The molecule has 1 aliphatic heterocycles. The van der Waals surface area contributed by atoms with Gasteiger partial charge in [0, 0.05) is 16.7 Å². The average Bonchev–Trinajstić information content (AvgIpc) is 3.14. The highest BCUT2D eigenvalue weighted by molar-refractivity contribution is 5.98. The van der Waals surface area contributed by atoms with Gasteiger partial charge in [-0.25, -0.2) is 4.39 Å². The van der Waals surface area contributed by atoms with E-state index in [1.165, 1.54) is 24.3 Å². The number of rotatable bonds is 6. The predicted octanol–water partition coefficient (Wildman–Crippen LogP) is 3.17. The van der Waals surface area contributed by atoms with Gasteiger partial charge in [0.1, 0.15) is 5.82 Å². The fourth-order valence-electron chi connectivity index (χ4n) is 3.86. The molecule has 34 heavy (non-hydrogen) atoms. The van der Waals surface area contributed by atoms with Crippen LogP contribution in [0, 0.1) is 12.7 Å². The molecule has 4 rings (SSSR count). The van der Waals surface area contributed by atoms with Crippen LogP contribution >= 0.6 is 0 Å². The van der Waals surface area contributed by atoms with Crippen molar-refractivity contribution in [2.24, 2.45) is 0 Å². The Morgan fingerprint density at radius 1 is 1.00 bits per heavy atom. The van der Waals surface area contributed by atoms with Crippen molar-refractivity contribution in [2.75, 3.05) is 14.2 Å². The summed E-state index contributed by atoms with van der Waals surface area (Å²) in [5, 5.41) is 2.80. The van der Waals surface area contributed by atoms with E-state index in [-0.39, 0.29) is 11.5 Å². The molecular formula is C26H25FN3O4+. The van der Waals surface area contributed by atoms with Gasteiger partial charge in [-0.1, -0.05) is 29.8 Å². The lowest BCUT2D eigenvalue weighted by atomic mass is 9.98. The SMILES string of the molecule is COc1ccc(/C=[N+]2\NC(=O)[C@H](NC(=O)c3ccc(F)cc3)[C@H]2c2ccc(C)cc2)cc1OC. The van der Waals surface area contributed by atoms with Crippen LogP contribution in [0.3, 0.4) is 0 Å². The van der Waals surface area contributed by atoms with Gasteiger partial charge in [-0.2, -0.15) is 0 Å². The van der Waals surface area contributed by atoms with Crippen LogP contribution in [-0.2, 0) is 4.79 Å². The molecule has 174 valence electrons. The first-order chi connectivity index (χ1) is 16.4. The Labute approximate surface area is 196 Å². The van der Waals surface area contributed by atoms with E-state index in [2.05, 4.69) is 10.7 Å². The quantitative estimate of drug-likeness (QED) is 0.552. The number of amides is 2. The molecule has 0 radical (unpaired) electrons. The van der Waals surface area contributed by atoms with Crippen molar-refractivity contribution < 1.29 is 28.1 Å². The Balaban J connectivity index is 1.71. The summed E-state index contributed by atoms with van der Waals surface area (Å²) in [5.74, 6) is -0.133. The smallest absolute Gasteiger partial charge is 0.304 e. The third-order valence-electron chi connectivity index (χ3n) is 5.64. The molecular weight excluding hydrogens is 437 g/mol. The summed E-state index contributed by atoms with van der Waals surface area (Å²) >= 11 is 0. The molecule has 1 heterocycles. The molecule has 2 amide bonds. The number of hydrogen-bond donors (Lipinski definition) is 2. The number of carbonyl (C=O) groups is 2. The molecule has 0 aliphatic carbocycles. The summed E-state index contributed by atoms with van der Waals surface area (Å²) in [6, 6.07) is 16.9. The fourth-order valence-corrected chi connectivity index (χ4v) is 3.86. The Kier molecular flexibility index (Phi) is 6.58. The summed E-state index contributed by atoms with van der Waals surface area (Å²) in [6.07, 6.45) is 1.77. The van der Waals surface area contributed by atoms with Crippen molar-refractivity contribution in [3.05, 3.63) is 94.8 Å². The van der Waals surface area contributed by atoms with Crippen molar-refractivity contribution in [2.45, 2.75) is 19.0 Å². The van der Waals surface area contributed by atoms with E-state index >= 15 is 0 Å². The second kappa shape index (κ2) is 9.74. The van der Waals surface area contributed by atoms with Gasteiger partial charge in [-0.3, -0.25) is 9.59 Å². The predicted molar refractivity (Wildman–Crippen MR) is 125 cm³/mol. The molecule has 0 spiro atoms. The zero-order chi connectivity index (χ0) is 24.2. The van der Waals surface area contributed by atoms with Crippen LogP contribution in [0.25, 0.3) is 0 Å². The van der Waals surface area contributed by atoms with Gasteiger partial charge in [0.15, 0.2) is 17.5 Å². The number of hydrazine groups is 1. The molecule has 1 aliphatic rings. The number of hydrogen-bond acceptors (Lipinski definition) is 4. The molecule has 0 bridgehead atoms. The summed E-state index contributed by atoms with van der Waals surface area (Å²) in [5.41, 5.74) is 5.78. The second-order valence-corrected chi connectivity index (χ2v) is 7.94. The lowest BCUT2D eigenvalue weighted by Gasteiger charge is -2.15. The molecule has 7 nitrogen and oxygen atoms in total. The van der Waals surface area contributed by atoms with Crippen LogP contribution in [0.2, 0.25) is 0 Å². The van der Waals surface area contributed by atoms with Gasteiger partial charge in [0.25, 0.3) is 5.91 Å². The van der Waals surface area contributed by atoms with Crippen molar-refractivity contribution in [3.63, 3.8) is 0 Å². The fraction of sp³-hybridized carbons (Fsp3) is 0.192. The van der Waals surface area contributed by atoms with Crippen LogP contribution in [0.1, 0.15) is 33.1 Å². The number of carbonyl (C=O) groups excluding carboxylic acids is 2. The van der Waals surface area contributed by atoms with Crippen LogP contribution in [0.4, 0.5) is 4.39 Å². The number of hydrazone groups is 1. The number of halogens is 1. The van der Waals surface area contributed by atoms with Crippen molar-refractivity contribution >= 4 is 18.0 Å². The first kappa shape index (κ1) is 23.0. The van der Waals surface area contributed by atoms with E-state index in [9.17, 15) is 14.0 Å². The molecule has 3 aromatic rings. The van der Waals surface area contributed by atoms with Gasteiger partial charge < -0.3 is 14.8 Å². The zero-order valence-corrected chi connectivity index (χ0v) is 19.0. The van der Waals surface area contributed by atoms with Gasteiger partial charge in [0.2, 0.25) is 12.3 Å². The Bertz CT molecular complexity index is 1240. The molecule has 0 unspecified atom stereocenters. The monoisotopic (exact) mass is 462 g/mol. The lowest BCUT2D eigenvalue weighted by molar-refractivity contribution is -0.596. The summed E-state index contributed by atoms with van der Waals surface area (Å²) < 4.78 is 25.6. The molecule has 8 heteroatoms. The summed E-state index contributed by atoms with van der Waals surface area (Å²) in [7, 11) is 3.11. The molecule has 0 aromatic heterocycles. The number of benzene rings is 3. The number of methoxy groups -OCH3 is 2. The molecule has 1 fully saturated rings.